The molecule has 1 rings (SSSR count). The second kappa shape index (κ2) is 6.96. The number of hydrogen-bond donors (Lipinski definition) is 2. The summed E-state index contributed by atoms with van der Waals surface area (Å²) in [6, 6.07) is 3.50. The van der Waals surface area contributed by atoms with Crippen molar-refractivity contribution in [1.29, 1.82) is 0 Å². The molecule has 100 valence electrons. The molecule has 18 heavy (non-hydrogen) atoms. The van der Waals surface area contributed by atoms with Crippen LogP contribution in [0.2, 0.25) is 0 Å². The van der Waals surface area contributed by atoms with Gasteiger partial charge in [0.25, 0.3) is 0 Å². The summed E-state index contributed by atoms with van der Waals surface area (Å²) in [5.41, 5.74) is 0.563. The van der Waals surface area contributed by atoms with Gasteiger partial charge in [-0.1, -0.05) is 13.8 Å². The number of hydrogen-bond acceptors (Lipinski definition) is 3. The van der Waals surface area contributed by atoms with Crippen LogP contribution in [-0.2, 0) is 11.8 Å². The first kappa shape index (κ1) is 14.4. The molecule has 0 radical (unpaired) electrons. The molecule has 2 N–H and O–H groups in total. The average Bonchev–Trinajstić information content (AvgIpc) is 2.29. The molecule has 0 atom stereocenters. The second-order valence-corrected chi connectivity index (χ2v) is 4.63. The van der Waals surface area contributed by atoms with E-state index in [-0.39, 0.29) is 11.5 Å². The maximum absolute atomic E-state index is 11.6. The normalized spacial score (nSPS) is 10.7. The predicted octanol–water partition coefficient (Wildman–Crippen LogP) is 1.10. The van der Waals surface area contributed by atoms with Crippen LogP contribution in [0.25, 0.3) is 0 Å². The number of carbonyl (C=O) groups is 1. The fourth-order valence-corrected chi connectivity index (χ4v) is 1.53. The average molecular weight is 251 g/mol. The molecule has 5 nitrogen and oxygen atoms in total. The van der Waals surface area contributed by atoms with Gasteiger partial charge in [-0.2, -0.15) is 0 Å². The zero-order valence-corrected chi connectivity index (χ0v) is 11.2. The van der Waals surface area contributed by atoms with Gasteiger partial charge < -0.3 is 15.2 Å². The molecule has 0 unspecified atom stereocenters. The first-order valence-electron chi connectivity index (χ1n) is 6.19. The SMILES string of the molecule is CC(C)NCCCC(=O)Nc1ccc(=O)n(C)c1. The molecule has 0 spiro atoms. The highest BCUT2D eigenvalue weighted by atomic mass is 16.1. The van der Waals surface area contributed by atoms with Gasteiger partial charge in [0.15, 0.2) is 0 Å². The van der Waals surface area contributed by atoms with Crippen LogP contribution in [0.1, 0.15) is 26.7 Å². The molecule has 0 fully saturated rings. The lowest BCUT2D eigenvalue weighted by molar-refractivity contribution is -0.116. The lowest BCUT2D eigenvalue weighted by Gasteiger charge is -2.08. The number of rotatable bonds is 6. The summed E-state index contributed by atoms with van der Waals surface area (Å²) in [4.78, 5) is 22.8. The number of anilines is 1. The van der Waals surface area contributed by atoms with Gasteiger partial charge in [0.2, 0.25) is 11.5 Å². The highest BCUT2D eigenvalue weighted by molar-refractivity contribution is 5.90. The van der Waals surface area contributed by atoms with Crippen LogP contribution in [0.5, 0.6) is 0 Å². The van der Waals surface area contributed by atoms with Crippen molar-refractivity contribution < 1.29 is 4.79 Å². The number of pyridine rings is 1. The lowest BCUT2D eigenvalue weighted by Crippen LogP contribution is -2.25. The fourth-order valence-electron chi connectivity index (χ4n) is 1.53. The Hall–Kier alpha value is -1.62. The number of aryl methyl sites for hydroxylation is 1. The molecule has 1 aromatic rings. The van der Waals surface area contributed by atoms with Crippen molar-refractivity contribution in [3.05, 3.63) is 28.7 Å². The monoisotopic (exact) mass is 251 g/mol. The Balaban J connectivity index is 2.35. The van der Waals surface area contributed by atoms with E-state index in [0.717, 1.165) is 13.0 Å². The van der Waals surface area contributed by atoms with Crippen LogP contribution in [0.3, 0.4) is 0 Å². The van der Waals surface area contributed by atoms with E-state index >= 15 is 0 Å². The van der Waals surface area contributed by atoms with Gasteiger partial charge in [0, 0.05) is 31.8 Å². The predicted molar refractivity (Wildman–Crippen MR) is 72.7 cm³/mol. The molecule has 1 heterocycles. The van der Waals surface area contributed by atoms with E-state index in [0.29, 0.717) is 18.2 Å². The summed E-state index contributed by atoms with van der Waals surface area (Å²) >= 11 is 0. The van der Waals surface area contributed by atoms with E-state index in [1.54, 1.807) is 19.3 Å². The van der Waals surface area contributed by atoms with E-state index in [1.165, 1.54) is 10.6 Å². The number of amides is 1. The molecule has 1 amide bonds. The van der Waals surface area contributed by atoms with Gasteiger partial charge in [-0.15, -0.1) is 0 Å². The number of carbonyl (C=O) groups excluding carboxylic acids is 1. The molecule has 0 aliphatic carbocycles. The molecule has 0 aliphatic rings. The highest BCUT2D eigenvalue weighted by Crippen LogP contribution is 2.03. The van der Waals surface area contributed by atoms with E-state index in [1.807, 2.05) is 0 Å². The molecule has 0 saturated carbocycles. The van der Waals surface area contributed by atoms with Crippen LogP contribution in [0.15, 0.2) is 23.1 Å². The van der Waals surface area contributed by atoms with Crippen LogP contribution < -0.4 is 16.2 Å². The summed E-state index contributed by atoms with van der Waals surface area (Å²) in [7, 11) is 1.66. The van der Waals surface area contributed by atoms with E-state index in [9.17, 15) is 9.59 Å². The van der Waals surface area contributed by atoms with Gasteiger partial charge in [0.1, 0.15) is 0 Å². The van der Waals surface area contributed by atoms with E-state index in [2.05, 4.69) is 24.5 Å². The number of aromatic nitrogens is 1. The van der Waals surface area contributed by atoms with Crippen molar-refractivity contribution in [2.75, 3.05) is 11.9 Å². The molecule has 0 saturated heterocycles. The van der Waals surface area contributed by atoms with Gasteiger partial charge in [0.05, 0.1) is 5.69 Å². The lowest BCUT2D eigenvalue weighted by atomic mass is 10.2. The zero-order chi connectivity index (χ0) is 13.5. The fraction of sp³-hybridized carbons (Fsp3) is 0.538. The second-order valence-electron chi connectivity index (χ2n) is 4.63. The van der Waals surface area contributed by atoms with Gasteiger partial charge in [-0.3, -0.25) is 9.59 Å². The Morgan fingerprint density at radius 1 is 1.39 bits per heavy atom. The molecule has 5 heteroatoms. The van der Waals surface area contributed by atoms with Crippen molar-refractivity contribution in [2.24, 2.45) is 7.05 Å². The Bertz CT molecular complexity index is 452. The highest BCUT2D eigenvalue weighted by Gasteiger charge is 2.03. The maximum Gasteiger partial charge on any atom is 0.250 e. The first-order valence-corrected chi connectivity index (χ1v) is 6.19. The quantitative estimate of drug-likeness (QED) is 0.744. The van der Waals surface area contributed by atoms with Gasteiger partial charge in [-0.25, -0.2) is 0 Å². The third-order valence-corrected chi connectivity index (χ3v) is 2.50. The smallest absolute Gasteiger partial charge is 0.250 e. The molecular formula is C13H21N3O2. The van der Waals surface area contributed by atoms with Crippen LogP contribution in [-0.4, -0.2) is 23.1 Å². The minimum Gasteiger partial charge on any atom is -0.325 e. The van der Waals surface area contributed by atoms with Crippen molar-refractivity contribution in [3.8, 4) is 0 Å². The third-order valence-electron chi connectivity index (χ3n) is 2.50. The summed E-state index contributed by atoms with van der Waals surface area (Å²) in [6.45, 7) is 4.98. The largest absolute Gasteiger partial charge is 0.325 e. The Labute approximate surface area is 107 Å². The summed E-state index contributed by atoms with van der Waals surface area (Å²) in [5.74, 6) is -0.0285. The molecule has 0 aliphatic heterocycles. The van der Waals surface area contributed by atoms with Gasteiger partial charge in [-0.05, 0) is 19.0 Å². The topological polar surface area (TPSA) is 63.1 Å². The van der Waals surface area contributed by atoms with Crippen molar-refractivity contribution >= 4 is 11.6 Å². The maximum atomic E-state index is 11.6. The Kier molecular flexibility index (Phi) is 5.58. The molecule has 0 aromatic carbocycles. The molecule has 1 aromatic heterocycles. The Morgan fingerprint density at radius 2 is 2.11 bits per heavy atom. The van der Waals surface area contributed by atoms with Crippen molar-refractivity contribution in [3.63, 3.8) is 0 Å². The van der Waals surface area contributed by atoms with Crippen molar-refractivity contribution in [1.82, 2.24) is 9.88 Å². The minimum atomic E-state index is -0.0888. The van der Waals surface area contributed by atoms with E-state index < -0.39 is 0 Å². The van der Waals surface area contributed by atoms with Gasteiger partial charge >= 0.3 is 0 Å². The molecule has 0 bridgehead atoms. The number of nitrogens with zero attached hydrogens (tertiary/aromatic N) is 1. The zero-order valence-electron chi connectivity index (χ0n) is 11.2. The summed E-state index contributed by atoms with van der Waals surface area (Å²) < 4.78 is 1.44. The summed E-state index contributed by atoms with van der Waals surface area (Å²) in [6.07, 6.45) is 2.89. The molecular weight excluding hydrogens is 230 g/mol. The van der Waals surface area contributed by atoms with Crippen LogP contribution >= 0.6 is 0 Å². The third kappa shape index (κ3) is 5.14. The minimum absolute atomic E-state index is 0.0285. The standard InChI is InChI=1S/C13H21N3O2/c1-10(2)14-8-4-5-12(17)15-11-6-7-13(18)16(3)9-11/h6-7,9-10,14H,4-5,8H2,1-3H3,(H,15,17). The van der Waals surface area contributed by atoms with E-state index in [4.69, 9.17) is 0 Å². The summed E-state index contributed by atoms with van der Waals surface area (Å²) in [5, 5.41) is 6.03. The Morgan fingerprint density at radius 3 is 2.72 bits per heavy atom. The van der Waals surface area contributed by atoms with Crippen LogP contribution in [0, 0.1) is 0 Å². The van der Waals surface area contributed by atoms with Crippen LogP contribution in [0.4, 0.5) is 5.69 Å². The number of nitrogens with one attached hydrogen (secondary N) is 2. The van der Waals surface area contributed by atoms with Crippen molar-refractivity contribution in [2.45, 2.75) is 32.7 Å². The first-order chi connectivity index (χ1) is 8.49.